The molecule has 0 aliphatic carbocycles. The van der Waals surface area contributed by atoms with Gasteiger partial charge < -0.3 is 11.1 Å². The number of amides is 1. The summed E-state index contributed by atoms with van der Waals surface area (Å²) in [6.07, 6.45) is 0.584. The number of para-hydroxylation sites is 1. The Bertz CT molecular complexity index is 371. The normalized spacial score (nSPS) is 11.8. The van der Waals surface area contributed by atoms with Crippen molar-refractivity contribution in [2.45, 2.75) is 26.3 Å². The van der Waals surface area contributed by atoms with Gasteiger partial charge in [-0.3, -0.25) is 4.79 Å². The van der Waals surface area contributed by atoms with Crippen molar-refractivity contribution in [1.82, 2.24) is 0 Å². The van der Waals surface area contributed by atoms with Crippen LogP contribution in [0.4, 0.5) is 10.1 Å². The maximum absolute atomic E-state index is 13.2. The van der Waals surface area contributed by atoms with Crippen molar-refractivity contribution in [1.29, 1.82) is 0 Å². The third-order valence-electron chi connectivity index (χ3n) is 2.19. The van der Waals surface area contributed by atoms with Crippen molar-refractivity contribution in [3.63, 3.8) is 0 Å². The van der Waals surface area contributed by atoms with Crippen LogP contribution in [0.25, 0.3) is 0 Å². The number of benzene rings is 1. The summed E-state index contributed by atoms with van der Waals surface area (Å²) in [6, 6.07) is 5.43. The summed E-state index contributed by atoms with van der Waals surface area (Å²) >= 11 is 0. The molecule has 0 bridgehead atoms. The highest BCUT2D eigenvalue weighted by Gasteiger charge is 2.15. The molecule has 3 N–H and O–H groups in total. The Hall–Kier alpha value is -1.13. The van der Waals surface area contributed by atoms with Crippen molar-refractivity contribution in [2.75, 3.05) is 5.32 Å². The average Bonchev–Trinajstić information content (AvgIpc) is 2.20. The minimum atomic E-state index is -0.598. The van der Waals surface area contributed by atoms with E-state index in [4.69, 9.17) is 5.73 Å². The first-order chi connectivity index (χ1) is 7.50. The third kappa shape index (κ3) is 5.15. The lowest BCUT2D eigenvalue weighted by molar-refractivity contribution is -0.117. The van der Waals surface area contributed by atoms with Gasteiger partial charge in [-0.25, -0.2) is 4.39 Å². The SMILES string of the molecule is CC(C)C[C@H](N)C(=O)Nc1ccccc1F.Cl. The van der Waals surface area contributed by atoms with Gasteiger partial charge in [0.25, 0.3) is 0 Å². The zero-order chi connectivity index (χ0) is 12.1. The number of hydrogen-bond acceptors (Lipinski definition) is 2. The van der Waals surface area contributed by atoms with Gasteiger partial charge in [0.2, 0.25) is 5.91 Å². The van der Waals surface area contributed by atoms with Crippen LogP contribution in [-0.2, 0) is 4.79 Å². The minimum Gasteiger partial charge on any atom is -0.322 e. The molecule has 96 valence electrons. The summed E-state index contributed by atoms with van der Waals surface area (Å²) in [4.78, 5) is 11.6. The van der Waals surface area contributed by atoms with Crippen LogP contribution in [0, 0.1) is 11.7 Å². The minimum absolute atomic E-state index is 0. The fourth-order valence-electron chi connectivity index (χ4n) is 1.40. The zero-order valence-electron chi connectivity index (χ0n) is 9.94. The Morgan fingerprint density at radius 3 is 2.53 bits per heavy atom. The molecule has 1 aromatic carbocycles. The summed E-state index contributed by atoms with van der Waals surface area (Å²) in [7, 11) is 0. The Kier molecular flexibility index (Phi) is 6.76. The molecule has 0 fully saturated rings. The molecule has 1 aromatic rings. The molecule has 1 atom stereocenters. The van der Waals surface area contributed by atoms with E-state index in [1.54, 1.807) is 12.1 Å². The molecule has 0 spiro atoms. The lowest BCUT2D eigenvalue weighted by Crippen LogP contribution is -2.36. The van der Waals surface area contributed by atoms with E-state index < -0.39 is 11.9 Å². The molecule has 0 saturated heterocycles. The first-order valence-electron chi connectivity index (χ1n) is 5.31. The van der Waals surface area contributed by atoms with Gasteiger partial charge in [-0.05, 0) is 24.5 Å². The Morgan fingerprint density at radius 2 is 2.00 bits per heavy atom. The fraction of sp³-hybridized carbons (Fsp3) is 0.417. The third-order valence-corrected chi connectivity index (χ3v) is 2.19. The molecular formula is C12H18ClFN2O. The summed E-state index contributed by atoms with van der Waals surface area (Å²) in [6.45, 7) is 3.96. The molecule has 0 saturated carbocycles. The zero-order valence-corrected chi connectivity index (χ0v) is 10.8. The smallest absolute Gasteiger partial charge is 0.241 e. The van der Waals surface area contributed by atoms with Crippen molar-refractivity contribution in [2.24, 2.45) is 11.7 Å². The number of anilines is 1. The molecule has 1 rings (SSSR count). The molecule has 5 heteroatoms. The molecule has 3 nitrogen and oxygen atoms in total. The van der Waals surface area contributed by atoms with Crippen LogP contribution in [0.2, 0.25) is 0 Å². The highest BCUT2D eigenvalue weighted by molar-refractivity contribution is 5.94. The second-order valence-electron chi connectivity index (χ2n) is 4.21. The molecule has 0 aliphatic rings. The van der Waals surface area contributed by atoms with Crippen LogP contribution >= 0.6 is 12.4 Å². The van der Waals surface area contributed by atoms with E-state index in [1.807, 2.05) is 13.8 Å². The Balaban J connectivity index is 0.00000256. The highest BCUT2D eigenvalue weighted by atomic mass is 35.5. The second-order valence-corrected chi connectivity index (χ2v) is 4.21. The van der Waals surface area contributed by atoms with Crippen LogP contribution in [0.3, 0.4) is 0 Å². The predicted octanol–water partition coefficient (Wildman–Crippen LogP) is 2.56. The lowest BCUT2D eigenvalue weighted by Gasteiger charge is -2.14. The van der Waals surface area contributed by atoms with Crippen LogP contribution in [-0.4, -0.2) is 11.9 Å². The molecule has 0 heterocycles. The number of nitrogens with two attached hydrogens (primary N) is 1. The molecular weight excluding hydrogens is 243 g/mol. The van der Waals surface area contributed by atoms with E-state index in [0.29, 0.717) is 12.3 Å². The summed E-state index contributed by atoms with van der Waals surface area (Å²) in [5.74, 6) is -0.465. The molecule has 17 heavy (non-hydrogen) atoms. The topological polar surface area (TPSA) is 55.1 Å². The van der Waals surface area contributed by atoms with Gasteiger partial charge >= 0.3 is 0 Å². The first kappa shape index (κ1) is 15.9. The maximum Gasteiger partial charge on any atom is 0.241 e. The van der Waals surface area contributed by atoms with Gasteiger partial charge in [-0.1, -0.05) is 26.0 Å². The van der Waals surface area contributed by atoms with E-state index >= 15 is 0 Å². The van der Waals surface area contributed by atoms with Crippen molar-refractivity contribution >= 4 is 24.0 Å². The predicted molar refractivity (Wildman–Crippen MR) is 69.7 cm³/mol. The number of carbonyl (C=O) groups is 1. The fourth-order valence-corrected chi connectivity index (χ4v) is 1.40. The molecule has 0 radical (unpaired) electrons. The van der Waals surface area contributed by atoms with Crippen LogP contribution in [0.1, 0.15) is 20.3 Å². The van der Waals surface area contributed by atoms with E-state index in [9.17, 15) is 9.18 Å². The Morgan fingerprint density at radius 1 is 1.41 bits per heavy atom. The van der Waals surface area contributed by atoms with Crippen LogP contribution < -0.4 is 11.1 Å². The lowest BCUT2D eigenvalue weighted by atomic mass is 10.0. The molecule has 0 unspecified atom stereocenters. The van der Waals surface area contributed by atoms with Gasteiger partial charge in [0.15, 0.2) is 0 Å². The van der Waals surface area contributed by atoms with E-state index in [0.717, 1.165) is 0 Å². The Labute approximate surface area is 107 Å². The van der Waals surface area contributed by atoms with Crippen LogP contribution in [0.5, 0.6) is 0 Å². The van der Waals surface area contributed by atoms with Crippen LogP contribution in [0.15, 0.2) is 24.3 Å². The number of halogens is 2. The van der Waals surface area contributed by atoms with E-state index in [-0.39, 0.29) is 24.0 Å². The van der Waals surface area contributed by atoms with Crippen molar-refractivity contribution in [3.05, 3.63) is 30.1 Å². The highest BCUT2D eigenvalue weighted by Crippen LogP contribution is 2.13. The van der Waals surface area contributed by atoms with E-state index in [2.05, 4.69) is 5.32 Å². The first-order valence-corrected chi connectivity index (χ1v) is 5.31. The van der Waals surface area contributed by atoms with Gasteiger partial charge in [-0.15, -0.1) is 12.4 Å². The number of rotatable bonds is 4. The molecule has 0 aromatic heterocycles. The van der Waals surface area contributed by atoms with Gasteiger partial charge in [0, 0.05) is 0 Å². The van der Waals surface area contributed by atoms with Crippen molar-refractivity contribution in [3.8, 4) is 0 Å². The number of carbonyl (C=O) groups excluding carboxylic acids is 1. The molecule has 1 amide bonds. The van der Waals surface area contributed by atoms with Gasteiger partial charge in [0.05, 0.1) is 11.7 Å². The second kappa shape index (κ2) is 7.25. The summed E-state index contributed by atoms with van der Waals surface area (Å²) in [5, 5.41) is 2.48. The van der Waals surface area contributed by atoms with E-state index in [1.165, 1.54) is 12.1 Å². The monoisotopic (exact) mass is 260 g/mol. The largest absolute Gasteiger partial charge is 0.322 e. The maximum atomic E-state index is 13.2. The van der Waals surface area contributed by atoms with Crippen molar-refractivity contribution < 1.29 is 9.18 Å². The summed E-state index contributed by atoms with van der Waals surface area (Å²) in [5.41, 5.74) is 5.85. The molecule has 0 aliphatic heterocycles. The quantitative estimate of drug-likeness (QED) is 0.874. The number of hydrogen-bond donors (Lipinski definition) is 2. The van der Waals surface area contributed by atoms with Gasteiger partial charge in [0.1, 0.15) is 5.82 Å². The average molecular weight is 261 g/mol. The number of nitrogens with one attached hydrogen (secondary N) is 1. The summed E-state index contributed by atoms with van der Waals surface area (Å²) < 4.78 is 13.2. The van der Waals surface area contributed by atoms with Gasteiger partial charge in [-0.2, -0.15) is 0 Å². The standard InChI is InChI=1S/C12H17FN2O.ClH/c1-8(2)7-10(14)12(16)15-11-6-4-3-5-9(11)13;/h3-6,8,10H,7,14H2,1-2H3,(H,15,16);1H/t10-;/m0./s1.